The molecule has 0 aliphatic carbocycles. The van der Waals surface area contributed by atoms with E-state index in [4.69, 9.17) is 11.2 Å². The molecule has 1 aromatic carbocycles. The summed E-state index contributed by atoms with van der Waals surface area (Å²) in [7, 11) is 0. The van der Waals surface area contributed by atoms with Crippen LogP contribution in [0.2, 0.25) is 0 Å². The van der Waals surface area contributed by atoms with E-state index in [9.17, 15) is 4.79 Å². The molecule has 5 heteroatoms. The Morgan fingerprint density at radius 2 is 2.09 bits per heavy atom. The SMILES string of the molecule is C#CCOc1ccc(CCNC(=O)/C=C/c2ccc(Br)s2)cc1. The molecular weight excluding hydrogens is 374 g/mol. The summed E-state index contributed by atoms with van der Waals surface area (Å²) in [6, 6.07) is 11.6. The maximum Gasteiger partial charge on any atom is 0.244 e. The third-order valence-corrected chi connectivity index (χ3v) is 4.54. The molecule has 0 saturated carbocycles. The monoisotopic (exact) mass is 389 g/mol. The highest BCUT2D eigenvalue weighted by atomic mass is 79.9. The molecule has 118 valence electrons. The highest BCUT2D eigenvalue weighted by molar-refractivity contribution is 9.11. The fraction of sp³-hybridized carbons (Fsp3) is 0.167. The number of terminal acetylenes is 1. The molecule has 1 N–H and O–H groups in total. The zero-order valence-corrected chi connectivity index (χ0v) is 14.8. The molecule has 1 aromatic heterocycles. The lowest BCUT2D eigenvalue weighted by atomic mass is 10.1. The molecule has 0 aliphatic heterocycles. The summed E-state index contributed by atoms with van der Waals surface area (Å²) in [5.74, 6) is 3.08. The number of carbonyl (C=O) groups is 1. The minimum absolute atomic E-state index is 0.0940. The highest BCUT2D eigenvalue weighted by Gasteiger charge is 1.99. The van der Waals surface area contributed by atoms with Gasteiger partial charge < -0.3 is 10.1 Å². The van der Waals surface area contributed by atoms with Crippen LogP contribution < -0.4 is 10.1 Å². The first-order valence-electron chi connectivity index (χ1n) is 7.04. The van der Waals surface area contributed by atoms with E-state index in [1.165, 1.54) is 0 Å². The molecule has 0 atom stereocenters. The number of thiophene rings is 1. The van der Waals surface area contributed by atoms with Crippen molar-refractivity contribution in [2.24, 2.45) is 0 Å². The van der Waals surface area contributed by atoms with E-state index < -0.39 is 0 Å². The van der Waals surface area contributed by atoms with Gasteiger partial charge in [0, 0.05) is 17.5 Å². The summed E-state index contributed by atoms with van der Waals surface area (Å²) in [5.41, 5.74) is 1.13. The van der Waals surface area contributed by atoms with E-state index >= 15 is 0 Å². The number of hydrogen-bond acceptors (Lipinski definition) is 3. The molecule has 3 nitrogen and oxygen atoms in total. The van der Waals surface area contributed by atoms with Crippen molar-refractivity contribution >= 4 is 39.2 Å². The van der Waals surface area contributed by atoms with Crippen LogP contribution in [-0.2, 0) is 11.2 Å². The zero-order valence-electron chi connectivity index (χ0n) is 12.4. The van der Waals surface area contributed by atoms with Crippen molar-refractivity contribution in [2.75, 3.05) is 13.2 Å². The smallest absolute Gasteiger partial charge is 0.244 e. The molecule has 0 radical (unpaired) electrons. The Balaban J connectivity index is 1.73. The molecule has 0 bridgehead atoms. The first-order chi connectivity index (χ1) is 11.2. The van der Waals surface area contributed by atoms with Crippen molar-refractivity contribution in [2.45, 2.75) is 6.42 Å². The van der Waals surface area contributed by atoms with Gasteiger partial charge in [0.25, 0.3) is 0 Å². The van der Waals surface area contributed by atoms with Crippen LogP contribution in [0.15, 0.2) is 46.3 Å². The van der Waals surface area contributed by atoms with Crippen molar-refractivity contribution in [1.29, 1.82) is 0 Å². The van der Waals surface area contributed by atoms with E-state index in [1.54, 1.807) is 17.4 Å². The Bertz CT molecular complexity index is 713. The van der Waals surface area contributed by atoms with Gasteiger partial charge >= 0.3 is 0 Å². The Labute approximate surface area is 148 Å². The van der Waals surface area contributed by atoms with Crippen molar-refractivity contribution < 1.29 is 9.53 Å². The minimum atomic E-state index is -0.0940. The predicted octanol–water partition coefficient (Wildman–Crippen LogP) is 3.89. The van der Waals surface area contributed by atoms with Gasteiger partial charge in [-0.2, -0.15) is 0 Å². The number of halogens is 1. The molecule has 0 spiro atoms. The second-order valence-corrected chi connectivity index (χ2v) is 7.15. The summed E-state index contributed by atoms with van der Waals surface area (Å²) in [6.45, 7) is 0.852. The highest BCUT2D eigenvalue weighted by Crippen LogP contribution is 2.22. The molecule has 23 heavy (non-hydrogen) atoms. The van der Waals surface area contributed by atoms with Gasteiger partial charge in [-0.3, -0.25) is 4.79 Å². The summed E-state index contributed by atoms with van der Waals surface area (Å²) < 4.78 is 6.36. The molecule has 2 rings (SSSR count). The van der Waals surface area contributed by atoms with Gasteiger partial charge in [0.05, 0.1) is 3.79 Å². The topological polar surface area (TPSA) is 38.3 Å². The lowest BCUT2D eigenvalue weighted by Crippen LogP contribution is -2.23. The molecule has 2 aromatic rings. The number of rotatable bonds is 7. The van der Waals surface area contributed by atoms with Gasteiger partial charge in [-0.25, -0.2) is 0 Å². The van der Waals surface area contributed by atoms with Gasteiger partial charge in [-0.05, 0) is 58.3 Å². The van der Waals surface area contributed by atoms with Gasteiger partial charge in [-0.1, -0.05) is 18.1 Å². The molecule has 1 amide bonds. The van der Waals surface area contributed by atoms with Crippen molar-refractivity contribution in [3.8, 4) is 18.1 Å². The Morgan fingerprint density at radius 1 is 1.30 bits per heavy atom. The van der Waals surface area contributed by atoms with E-state index in [0.717, 1.165) is 26.4 Å². The minimum Gasteiger partial charge on any atom is -0.481 e. The Kier molecular flexibility index (Phi) is 6.92. The molecule has 0 saturated heterocycles. The number of amides is 1. The normalized spacial score (nSPS) is 10.4. The molecule has 0 fully saturated rings. The number of hydrogen-bond donors (Lipinski definition) is 1. The number of benzene rings is 1. The summed E-state index contributed by atoms with van der Waals surface area (Å²) in [5, 5.41) is 2.87. The van der Waals surface area contributed by atoms with Crippen molar-refractivity contribution in [1.82, 2.24) is 5.32 Å². The third-order valence-electron chi connectivity index (χ3n) is 2.95. The van der Waals surface area contributed by atoms with Crippen LogP contribution in [0.5, 0.6) is 5.75 Å². The molecule has 0 aliphatic rings. The van der Waals surface area contributed by atoms with Gasteiger partial charge in [0.1, 0.15) is 12.4 Å². The van der Waals surface area contributed by atoms with Crippen LogP contribution >= 0.6 is 27.3 Å². The van der Waals surface area contributed by atoms with Crippen LogP contribution in [0.4, 0.5) is 0 Å². The fourth-order valence-corrected chi connectivity index (χ4v) is 3.17. The van der Waals surface area contributed by atoms with Crippen LogP contribution in [0, 0.1) is 12.3 Å². The van der Waals surface area contributed by atoms with E-state index in [-0.39, 0.29) is 12.5 Å². The lowest BCUT2D eigenvalue weighted by Gasteiger charge is -2.05. The largest absolute Gasteiger partial charge is 0.481 e. The number of ether oxygens (including phenoxy) is 1. The van der Waals surface area contributed by atoms with Crippen LogP contribution in [0.1, 0.15) is 10.4 Å². The number of carbonyl (C=O) groups excluding carboxylic acids is 1. The first-order valence-corrected chi connectivity index (χ1v) is 8.65. The van der Waals surface area contributed by atoms with Crippen molar-refractivity contribution in [3.63, 3.8) is 0 Å². The Morgan fingerprint density at radius 3 is 2.74 bits per heavy atom. The summed E-state index contributed by atoms with van der Waals surface area (Å²) >= 11 is 4.97. The van der Waals surface area contributed by atoms with Gasteiger partial charge in [0.15, 0.2) is 0 Å². The predicted molar refractivity (Wildman–Crippen MR) is 98.5 cm³/mol. The average molecular weight is 390 g/mol. The molecule has 0 unspecified atom stereocenters. The molecular formula is C18H16BrNO2S. The quantitative estimate of drug-likeness (QED) is 0.575. The van der Waals surface area contributed by atoms with E-state index in [1.807, 2.05) is 42.5 Å². The van der Waals surface area contributed by atoms with E-state index in [2.05, 4.69) is 27.2 Å². The maximum atomic E-state index is 11.7. The van der Waals surface area contributed by atoms with Crippen LogP contribution in [0.25, 0.3) is 6.08 Å². The third kappa shape index (κ3) is 6.31. The van der Waals surface area contributed by atoms with E-state index in [0.29, 0.717) is 6.54 Å². The first kappa shape index (κ1) is 17.3. The van der Waals surface area contributed by atoms with Crippen LogP contribution in [-0.4, -0.2) is 19.1 Å². The Hall–Kier alpha value is -2.03. The average Bonchev–Trinajstić information content (AvgIpc) is 2.98. The lowest BCUT2D eigenvalue weighted by molar-refractivity contribution is -0.116. The van der Waals surface area contributed by atoms with Crippen LogP contribution in [0.3, 0.4) is 0 Å². The van der Waals surface area contributed by atoms with Crippen molar-refractivity contribution in [3.05, 3.63) is 56.7 Å². The second kappa shape index (κ2) is 9.19. The molecule has 1 heterocycles. The maximum absolute atomic E-state index is 11.7. The standard InChI is InChI=1S/C18H16BrNO2S/c1-2-13-22-15-5-3-14(4-6-15)11-12-20-18(21)10-8-16-7-9-17(19)23-16/h1,3-10H,11-13H2,(H,20,21)/b10-8+. The fourth-order valence-electron chi connectivity index (χ4n) is 1.84. The van der Waals surface area contributed by atoms with Gasteiger partial charge in [-0.15, -0.1) is 17.8 Å². The van der Waals surface area contributed by atoms with Gasteiger partial charge in [0.2, 0.25) is 5.91 Å². The number of nitrogens with one attached hydrogen (secondary N) is 1. The summed E-state index contributed by atoms with van der Waals surface area (Å²) in [6.07, 6.45) is 9.26. The second-order valence-electron chi connectivity index (χ2n) is 4.65. The summed E-state index contributed by atoms with van der Waals surface area (Å²) in [4.78, 5) is 12.8. The zero-order chi connectivity index (χ0) is 16.5.